The summed E-state index contributed by atoms with van der Waals surface area (Å²) in [6, 6.07) is 9.08. The lowest BCUT2D eigenvalue weighted by atomic mass is 10.1. The molecule has 0 bridgehead atoms. The molecule has 0 aliphatic carbocycles. The average molecular weight is 366 g/mol. The summed E-state index contributed by atoms with van der Waals surface area (Å²) in [6.45, 7) is 4.66. The van der Waals surface area contributed by atoms with Crippen molar-refractivity contribution in [3.8, 4) is 0 Å². The Kier molecular flexibility index (Phi) is 4.51. The molecule has 1 amide bonds. The van der Waals surface area contributed by atoms with Gasteiger partial charge in [0.1, 0.15) is 18.0 Å². The lowest BCUT2D eigenvalue weighted by Crippen LogP contribution is -2.37. The third-order valence-electron chi connectivity index (χ3n) is 5.08. The minimum absolute atomic E-state index is 0.0743. The van der Waals surface area contributed by atoms with E-state index in [4.69, 9.17) is 4.52 Å². The maximum atomic E-state index is 12.9. The van der Waals surface area contributed by atoms with Crippen LogP contribution in [0.4, 0.5) is 0 Å². The van der Waals surface area contributed by atoms with Crippen molar-refractivity contribution in [1.29, 1.82) is 0 Å². The third kappa shape index (κ3) is 3.25. The van der Waals surface area contributed by atoms with Crippen LogP contribution in [0.15, 0.2) is 45.8 Å². The minimum Gasteiger partial charge on any atom is -0.361 e. The van der Waals surface area contributed by atoms with Crippen LogP contribution in [-0.2, 0) is 11.3 Å². The number of aromatic nitrogens is 3. The first-order valence-electron chi connectivity index (χ1n) is 9.25. The molecular formula is C20H22N4O3. The lowest BCUT2D eigenvalue weighted by molar-refractivity contribution is -0.133. The number of likely N-dealkylation sites (tertiary alicyclic amines) is 1. The van der Waals surface area contributed by atoms with Gasteiger partial charge in [-0.2, -0.15) is 5.10 Å². The second kappa shape index (κ2) is 6.98. The zero-order valence-corrected chi connectivity index (χ0v) is 15.5. The van der Waals surface area contributed by atoms with Gasteiger partial charge in [-0.1, -0.05) is 37.2 Å². The fraction of sp³-hybridized carbons (Fsp3) is 0.400. The summed E-state index contributed by atoms with van der Waals surface area (Å²) < 4.78 is 6.64. The summed E-state index contributed by atoms with van der Waals surface area (Å²) in [6.07, 6.45) is 3.37. The molecular weight excluding hydrogens is 344 g/mol. The lowest BCUT2D eigenvalue weighted by Gasteiger charge is -2.23. The van der Waals surface area contributed by atoms with Gasteiger partial charge in [0, 0.05) is 23.9 Å². The molecule has 1 fully saturated rings. The van der Waals surface area contributed by atoms with Crippen LogP contribution >= 0.6 is 0 Å². The van der Waals surface area contributed by atoms with Gasteiger partial charge in [-0.05, 0) is 18.9 Å². The molecule has 3 aromatic rings. The molecule has 1 aliphatic heterocycles. The van der Waals surface area contributed by atoms with E-state index >= 15 is 0 Å². The van der Waals surface area contributed by atoms with Crippen LogP contribution in [0.2, 0.25) is 0 Å². The van der Waals surface area contributed by atoms with Crippen molar-refractivity contribution in [1.82, 2.24) is 19.8 Å². The number of hydrogen-bond donors (Lipinski definition) is 0. The summed E-state index contributed by atoms with van der Waals surface area (Å²) >= 11 is 0. The number of rotatable bonds is 4. The van der Waals surface area contributed by atoms with Gasteiger partial charge in [-0.3, -0.25) is 9.59 Å². The van der Waals surface area contributed by atoms with Crippen molar-refractivity contribution in [2.24, 2.45) is 0 Å². The third-order valence-corrected chi connectivity index (χ3v) is 5.08. The monoisotopic (exact) mass is 366 g/mol. The molecule has 140 valence electrons. The molecule has 27 heavy (non-hydrogen) atoms. The molecule has 1 saturated heterocycles. The quantitative estimate of drug-likeness (QED) is 0.709. The molecule has 1 aliphatic rings. The second-order valence-corrected chi connectivity index (χ2v) is 7.25. The standard InChI is InChI=1S/C20H22N4O3/c1-13(2)18-10-16(22-27-18)17-8-5-9-23(17)19(25)12-24-20(26)15-7-4-3-6-14(15)11-21-24/h3-4,6-7,10-11,13,17H,5,8-9,12H2,1-2H3/t17-/m1/s1. The maximum absolute atomic E-state index is 12.9. The Morgan fingerprint density at radius 3 is 2.93 bits per heavy atom. The molecule has 7 heteroatoms. The van der Waals surface area contributed by atoms with Crippen LogP contribution in [0.3, 0.4) is 0 Å². The van der Waals surface area contributed by atoms with E-state index in [2.05, 4.69) is 10.3 Å². The molecule has 7 nitrogen and oxygen atoms in total. The summed E-state index contributed by atoms with van der Waals surface area (Å²) in [7, 11) is 0. The molecule has 0 radical (unpaired) electrons. The molecule has 0 N–H and O–H groups in total. The number of fused-ring (bicyclic) bond motifs is 1. The van der Waals surface area contributed by atoms with Crippen LogP contribution in [0.1, 0.15) is 50.1 Å². The largest absolute Gasteiger partial charge is 0.361 e. The highest BCUT2D eigenvalue weighted by Gasteiger charge is 2.32. The molecule has 2 aromatic heterocycles. The van der Waals surface area contributed by atoms with Gasteiger partial charge in [-0.25, -0.2) is 4.68 Å². The Labute approximate surface area is 156 Å². The summed E-state index contributed by atoms with van der Waals surface area (Å²) in [5.74, 6) is 0.936. The van der Waals surface area contributed by atoms with Gasteiger partial charge < -0.3 is 9.42 Å². The van der Waals surface area contributed by atoms with E-state index in [1.165, 1.54) is 4.68 Å². The van der Waals surface area contributed by atoms with E-state index in [1.54, 1.807) is 17.2 Å². The van der Waals surface area contributed by atoms with Crippen molar-refractivity contribution in [2.75, 3.05) is 6.54 Å². The Bertz CT molecular complexity index is 1040. The number of carbonyl (C=O) groups excluding carboxylic acids is 1. The fourth-order valence-corrected chi connectivity index (χ4v) is 3.56. The second-order valence-electron chi connectivity index (χ2n) is 7.25. The Morgan fingerprint density at radius 1 is 1.33 bits per heavy atom. The van der Waals surface area contributed by atoms with E-state index in [0.717, 1.165) is 29.7 Å². The van der Waals surface area contributed by atoms with Crippen LogP contribution in [-0.4, -0.2) is 32.3 Å². The number of nitrogens with zero attached hydrogens (tertiary/aromatic N) is 4. The first-order valence-corrected chi connectivity index (χ1v) is 9.25. The Morgan fingerprint density at radius 2 is 2.15 bits per heavy atom. The zero-order chi connectivity index (χ0) is 19.0. The normalized spacial score (nSPS) is 17.1. The topological polar surface area (TPSA) is 81.2 Å². The van der Waals surface area contributed by atoms with Crippen LogP contribution in [0.5, 0.6) is 0 Å². The first-order chi connectivity index (χ1) is 13.0. The average Bonchev–Trinajstić information content (AvgIpc) is 3.33. The van der Waals surface area contributed by atoms with Gasteiger partial charge in [-0.15, -0.1) is 0 Å². The van der Waals surface area contributed by atoms with Crippen LogP contribution < -0.4 is 5.56 Å². The van der Waals surface area contributed by atoms with E-state index in [0.29, 0.717) is 11.9 Å². The van der Waals surface area contributed by atoms with Crippen LogP contribution in [0.25, 0.3) is 10.8 Å². The SMILES string of the molecule is CC(C)c1cc([C@H]2CCCN2C(=O)Cn2ncc3ccccc3c2=O)no1. The maximum Gasteiger partial charge on any atom is 0.275 e. The molecule has 1 aromatic carbocycles. The Hall–Kier alpha value is -2.96. The zero-order valence-electron chi connectivity index (χ0n) is 15.5. The smallest absolute Gasteiger partial charge is 0.275 e. The number of carbonyl (C=O) groups is 1. The first kappa shape index (κ1) is 17.5. The van der Waals surface area contributed by atoms with Crippen LogP contribution in [0, 0.1) is 0 Å². The molecule has 3 heterocycles. The van der Waals surface area contributed by atoms with Crippen molar-refractivity contribution in [2.45, 2.75) is 45.2 Å². The molecule has 0 unspecified atom stereocenters. The van der Waals surface area contributed by atoms with Gasteiger partial charge in [0.2, 0.25) is 5.91 Å². The number of hydrogen-bond acceptors (Lipinski definition) is 5. The molecule has 0 saturated carbocycles. The number of amides is 1. The number of benzene rings is 1. The predicted octanol–water partition coefficient (Wildman–Crippen LogP) is 2.87. The molecule has 1 atom stereocenters. The van der Waals surface area contributed by atoms with Gasteiger partial charge >= 0.3 is 0 Å². The highest BCUT2D eigenvalue weighted by molar-refractivity contribution is 5.81. The summed E-state index contributed by atoms with van der Waals surface area (Å²) in [5.41, 5.74) is 0.532. The van der Waals surface area contributed by atoms with E-state index in [-0.39, 0.29) is 30.0 Å². The van der Waals surface area contributed by atoms with Crippen molar-refractivity contribution >= 4 is 16.7 Å². The summed E-state index contributed by atoms with van der Waals surface area (Å²) in [5, 5.41) is 9.67. The summed E-state index contributed by atoms with van der Waals surface area (Å²) in [4.78, 5) is 27.3. The Balaban J connectivity index is 1.57. The van der Waals surface area contributed by atoms with E-state index in [1.807, 2.05) is 38.1 Å². The van der Waals surface area contributed by atoms with E-state index < -0.39 is 0 Å². The van der Waals surface area contributed by atoms with Crippen molar-refractivity contribution < 1.29 is 9.32 Å². The highest BCUT2D eigenvalue weighted by Crippen LogP contribution is 2.32. The molecule has 0 spiro atoms. The van der Waals surface area contributed by atoms with Crippen molar-refractivity contribution in [3.05, 3.63) is 58.3 Å². The van der Waals surface area contributed by atoms with E-state index in [9.17, 15) is 9.59 Å². The van der Waals surface area contributed by atoms with Gasteiger partial charge in [0.05, 0.1) is 17.6 Å². The molecule has 4 rings (SSSR count). The van der Waals surface area contributed by atoms with Gasteiger partial charge in [0.15, 0.2) is 0 Å². The van der Waals surface area contributed by atoms with Crippen molar-refractivity contribution in [3.63, 3.8) is 0 Å². The minimum atomic E-state index is -0.249. The predicted molar refractivity (Wildman–Crippen MR) is 100 cm³/mol. The highest BCUT2D eigenvalue weighted by atomic mass is 16.5. The fourth-order valence-electron chi connectivity index (χ4n) is 3.56. The van der Waals surface area contributed by atoms with Gasteiger partial charge in [0.25, 0.3) is 5.56 Å².